The minimum absolute atomic E-state index is 0.0573. The molecule has 2 nitrogen and oxygen atoms in total. The fourth-order valence-electron chi connectivity index (χ4n) is 1.95. The van der Waals surface area contributed by atoms with E-state index in [1.165, 1.54) is 0 Å². The SMILES string of the molecule is COc1cc(NC(C)c2ccc(Cl)c(Cl)c2Cl)ccc1Cl. The number of ether oxygens (including phenoxy) is 1. The summed E-state index contributed by atoms with van der Waals surface area (Å²) in [6, 6.07) is 8.98. The van der Waals surface area contributed by atoms with Gasteiger partial charge in [0.2, 0.25) is 0 Å². The van der Waals surface area contributed by atoms with Crippen LogP contribution < -0.4 is 10.1 Å². The standard InChI is InChI=1S/C15H13Cl4NO/c1-8(10-4-6-12(17)15(19)14(10)18)20-9-3-5-11(16)13(7-9)21-2/h3-8,20H,1-2H3. The second kappa shape index (κ2) is 6.97. The van der Waals surface area contributed by atoms with Gasteiger partial charge in [0.15, 0.2) is 0 Å². The minimum Gasteiger partial charge on any atom is -0.495 e. The van der Waals surface area contributed by atoms with Crippen molar-refractivity contribution >= 4 is 52.1 Å². The van der Waals surface area contributed by atoms with Crippen LogP contribution >= 0.6 is 46.4 Å². The van der Waals surface area contributed by atoms with Gasteiger partial charge in [-0.2, -0.15) is 0 Å². The molecule has 1 N–H and O–H groups in total. The molecule has 0 aromatic heterocycles. The Bertz CT molecular complexity index is 660. The van der Waals surface area contributed by atoms with Gasteiger partial charge in [-0.05, 0) is 30.7 Å². The molecule has 0 saturated heterocycles. The third-order valence-corrected chi connectivity index (χ3v) is 4.69. The number of halogens is 4. The van der Waals surface area contributed by atoms with Crippen LogP contribution in [0.3, 0.4) is 0 Å². The summed E-state index contributed by atoms with van der Waals surface area (Å²) in [6.07, 6.45) is 0. The lowest BCUT2D eigenvalue weighted by molar-refractivity contribution is 0.415. The van der Waals surface area contributed by atoms with Crippen molar-refractivity contribution in [3.8, 4) is 5.75 Å². The molecule has 0 radical (unpaired) electrons. The van der Waals surface area contributed by atoms with Crippen molar-refractivity contribution in [2.24, 2.45) is 0 Å². The van der Waals surface area contributed by atoms with E-state index in [4.69, 9.17) is 51.1 Å². The largest absolute Gasteiger partial charge is 0.495 e. The molecule has 2 rings (SSSR count). The molecule has 1 atom stereocenters. The van der Waals surface area contributed by atoms with E-state index < -0.39 is 0 Å². The summed E-state index contributed by atoms with van der Waals surface area (Å²) in [4.78, 5) is 0. The summed E-state index contributed by atoms with van der Waals surface area (Å²) in [5.41, 5.74) is 1.73. The Labute approximate surface area is 143 Å². The van der Waals surface area contributed by atoms with Gasteiger partial charge in [0, 0.05) is 11.8 Å². The second-order valence-electron chi connectivity index (χ2n) is 4.48. The number of hydrogen-bond acceptors (Lipinski definition) is 2. The van der Waals surface area contributed by atoms with Gasteiger partial charge in [0.05, 0.1) is 33.2 Å². The monoisotopic (exact) mass is 363 g/mol. The molecule has 0 amide bonds. The lowest BCUT2D eigenvalue weighted by Gasteiger charge is -2.18. The fourth-order valence-corrected chi connectivity index (χ4v) is 2.85. The summed E-state index contributed by atoms with van der Waals surface area (Å²) >= 11 is 24.3. The zero-order chi connectivity index (χ0) is 15.6. The number of anilines is 1. The zero-order valence-corrected chi connectivity index (χ0v) is 14.4. The van der Waals surface area contributed by atoms with Gasteiger partial charge in [0.25, 0.3) is 0 Å². The molecule has 112 valence electrons. The Balaban J connectivity index is 2.26. The molecule has 2 aromatic carbocycles. The number of methoxy groups -OCH3 is 1. The third-order valence-electron chi connectivity index (χ3n) is 3.07. The van der Waals surface area contributed by atoms with Crippen LogP contribution in [0.2, 0.25) is 20.1 Å². The first-order valence-electron chi connectivity index (χ1n) is 6.17. The average Bonchev–Trinajstić information content (AvgIpc) is 2.46. The highest BCUT2D eigenvalue weighted by molar-refractivity contribution is 6.48. The summed E-state index contributed by atoms with van der Waals surface area (Å²) in [5.74, 6) is 0.606. The van der Waals surface area contributed by atoms with Crippen LogP contribution in [0.15, 0.2) is 30.3 Å². The van der Waals surface area contributed by atoms with E-state index in [2.05, 4.69) is 5.32 Å². The van der Waals surface area contributed by atoms with E-state index in [-0.39, 0.29) is 6.04 Å². The van der Waals surface area contributed by atoms with E-state index >= 15 is 0 Å². The van der Waals surface area contributed by atoms with Crippen LogP contribution in [-0.4, -0.2) is 7.11 Å². The Morgan fingerprint density at radius 1 is 0.952 bits per heavy atom. The topological polar surface area (TPSA) is 21.3 Å². The van der Waals surface area contributed by atoms with Gasteiger partial charge < -0.3 is 10.1 Å². The van der Waals surface area contributed by atoms with Crippen LogP contribution in [0.5, 0.6) is 5.75 Å². The third kappa shape index (κ3) is 3.70. The lowest BCUT2D eigenvalue weighted by Crippen LogP contribution is -2.07. The first kappa shape index (κ1) is 16.6. The van der Waals surface area contributed by atoms with Crippen LogP contribution in [0.4, 0.5) is 5.69 Å². The van der Waals surface area contributed by atoms with Crippen molar-refractivity contribution < 1.29 is 4.74 Å². The number of rotatable bonds is 4. The van der Waals surface area contributed by atoms with E-state index in [1.54, 1.807) is 19.2 Å². The molecule has 0 spiro atoms. The molecular weight excluding hydrogens is 352 g/mol. The second-order valence-corrected chi connectivity index (χ2v) is 6.05. The molecule has 0 aliphatic rings. The lowest BCUT2D eigenvalue weighted by atomic mass is 10.1. The van der Waals surface area contributed by atoms with Crippen LogP contribution in [0.25, 0.3) is 0 Å². The number of nitrogens with one attached hydrogen (secondary N) is 1. The van der Waals surface area contributed by atoms with E-state index in [1.807, 2.05) is 25.1 Å². The predicted molar refractivity (Wildman–Crippen MR) is 91.5 cm³/mol. The molecule has 21 heavy (non-hydrogen) atoms. The van der Waals surface area contributed by atoms with Crippen molar-refractivity contribution in [1.82, 2.24) is 0 Å². The molecule has 0 aliphatic carbocycles. The summed E-state index contributed by atoms with van der Waals surface area (Å²) < 4.78 is 5.19. The fraction of sp³-hybridized carbons (Fsp3) is 0.200. The van der Waals surface area contributed by atoms with E-state index in [0.29, 0.717) is 25.8 Å². The number of hydrogen-bond donors (Lipinski definition) is 1. The van der Waals surface area contributed by atoms with Crippen molar-refractivity contribution in [1.29, 1.82) is 0 Å². The highest BCUT2D eigenvalue weighted by Crippen LogP contribution is 2.37. The van der Waals surface area contributed by atoms with Crippen molar-refractivity contribution in [3.63, 3.8) is 0 Å². The summed E-state index contributed by atoms with van der Waals surface area (Å²) in [6.45, 7) is 1.98. The van der Waals surface area contributed by atoms with Crippen LogP contribution in [0.1, 0.15) is 18.5 Å². The van der Waals surface area contributed by atoms with E-state index in [0.717, 1.165) is 11.3 Å². The minimum atomic E-state index is -0.0573. The molecule has 0 saturated carbocycles. The zero-order valence-electron chi connectivity index (χ0n) is 11.4. The van der Waals surface area contributed by atoms with Gasteiger partial charge in [0.1, 0.15) is 5.75 Å². The van der Waals surface area contributed by atoms with Gasteiger partial charge in [-0.1, -0.05) is 52.5 Å². The Morgan fingerprint density at radius 2 is 1.62 bits per heavy atom. The Kier molecular flexibility index (Phi) is 5.50. The highest BCUT2D eigenvalue weighted by atomic mass is 35.5. The van der Waals surface area contributed by atoms with Crippen LogP contribution in [-0.2, 0) is 0 Å². The molecule has 0 aliphatic heterocycles. The maximum atomic E-state index is 6.24. The number of benzene rings is 2. The molecule has 0 fully saturated rings. The average molecular weight is 365 g/mol. The van der Waals surface area contributed by atoms with Crippen molar-refractivity contribution in [3.05, 3.63) is 56.0 Å². The van der Waals surface area contributed by atoms with Gasteiger partial charge >= 0.3 is 0 Å². The maximum Gasteiger partial charge on any atom is 0.139 e. The smallest absolute Gasteiger partial charge is 0.139 e. The molecular formula is C15H13Cl4NO. The normalized spacial score (nSPS) is 12.1. The van der Waals surface area contributed by atoms with E-state index in [9.17, 15) is 0 Å². The van der Waals surface area contributed by atoms with Gasteiger partial charge in [-0.15, -0.1) is 0 Å². The maximum absolute atomic E-state index is 6.24. The molecule has 0 heterocycles. The summed E-state index contributed by atoms with van der Waals surface area (Å²) in [7, 11) is 1.57. The van der Waals surface area contributed by atoms with Gasteiger partial charge in [-0.3, -0.25) is 0 Å². The quantitative estimate of drug-likeness (QED) is 0.626. The Hall–Kier alpha value is -0.800. The van der Waals surface area contributed by atoms with Crippen LogP contribution in [0, 0.1) is 0 Å². The molecule has 1 unspecified atom stereocenters. The molecule has 0 bridgehead atoms. The molecule has 2 aromatic rings. The molecule has 6 heteroatoms. The summed E-state index contributed by atoms with van der Waals surface area (Å²) in [5, 5.41) is 5.13. The Morgan fingerprint density at radius 3 is 2.29 bits per heavy atom. The van der Waals surface area contributed by atoms with Gasteiger partial charge in [-0.25, -0.2) is 0 Å². The van der Waals surface area contributed by atoms with Crippen molar-refractivity contribution in [2.75, 3.05) is 12.4 Å². The predicted octanol–water partition coefficient (Wildman–Crippen LogP) is 6.48. The first-order chi connectivity index (χ1) is 9.93. The first-order valence-corrected chi connectivity index (χ1v) is 7.68. The van der Waals surface area contributed by atoms with Crippen molar-refractivity contribution in [2.45, 2.75) is 13.0 Å². The highest BCUT2D eigenvalue weighted by Gasteiger charge is 2.15.